The Bertz CT molecular complexity index is 627. The minimum Gasteiger partial charge on any atom is -0.385 e. The number of rotatable bonds is 7. The highest BCUT2D eigenvalue weighted by molar-refractivity contribution is 7.18. The van der Waals surface area contributed by atoms with Crippen LogP contribution in [0.5, 0.6) is 0 Å². The molecular weight excluding hydrogens is 288 g/mol. The molecule has 2 N–H and O–H groups in total. The molecule has 7 heteroatoms. The van der Waals surface area contributed by atoms with E-state index in [1.807, 2.05) is 6.92 Å². The van der Waals surface area contributed by atoms with Crippen molar-refractivity contribution in [2.24, 2.45) is 0 Å². The third kappa shape index (κ3) is 3.89. The number of hydrogen-bond acceptors (Lipinski definition) is 6. The number of aromatic nitrogens is 2. The summed E-state index contributed by atoms with van der Waals surface area (Å²) in [5, 5.41) is 6.93. The Morgan fingerprint density at radius 1 is 1.38 bits per heavy atom. The standard InChI is InChI=1S/C14H20N4O2S/c1-9-10(2)21-14-12(9)13(17-8-18-14)16-7-11(19)15-5-4-6-20-3/h8H,4-7H2,1-3H3,(H,15,19)(H,16,17,18). The van der Waals surface area contributed by atoms with Crippen LogP contribution in [0.2, 0.25) is 0 Å². The molecule has 0 unspecified atom stereocenters. The van der Waals surface area contributed by atoms with Crippen LogP contribution in [0.1, 0.15) is 16.9 Å². The lowest BCUT2D eigenvalue weighted by atomic mass is 10.2. The second-order valence-electron chi connectivity index (χ2n) is 4.74. The minimum atomic E-state index is -0.0533. The zero-order valence-electron chi connectivity index (χ0n) is 12.5. The molecule has 2 aromatic heterocycles. The fourth-order valence-electron chi connectivity index (χ4n) is 1.99. The summed E-state index contributed by atoms with van der Waals surface area (Å²) in [4.78, 5) is 22.4. The van der Waals surface area contributed by atoms with Gasteiger partial charge in [0.25, 0.3) is 0 Å². The summed E-state index contributed by atoms with van der Waals surface area (Å²) in [7, 11) is 1.65. The molecule has 0 fully saturated rings. The maximum absolute atomic E-state index is 11.8. The topological polar surface area (TPSA) is 76.1 Å². The molecule has 0 bridgehead atoms. The van der Waals surface area contributed by atoms with Gasteiger partial charge in [-0.1, -0.05) is 0 Å². The smallest absolute Gasteiger partial charge is 0.239 e. The van der Waals surface area contributed by atoms with Crippen molar-refractivity contribution in [3.05, 3.63) is 16.8 Å². The summed E-state index contributed by atoms with van der Waals surface area (Å²) in [6.07, 6.45) is 2.33. The highest BCUT2D eigenvalue weighted by Gasteiger charge is 2.12. The van der Waals surface area contributed by atoms with Crippen molar-refractivity contribution in [3.63, 3.8) is 0 Å². The van der Waals surface area contributed by atoms with Crippen LogP contribution in [-0.4, -0.2) is 42.7 Å². The molecular formula is C14H20N4O2S. The number of carbonyl (C=O) groups excluding carboxylic acids is 1. The van der Waals surface area contributed by atoms with E-state index in [1.54, 1.807) is 18.4 Å². The zero-order valence-corrected chi connectivity index (χ0v) is 13.3. The van der Waals surface area contributed by atoms with Gasteiger partial charge in [-0.15, -0.1) is 11.3 Å². The number of nitrogens with zero attached hydrogens (tertiary/aromatic N) is 2. The molecule has 2 heterocycles. The first-order chi connectivity index (χ1) is 10.1. The van der Waals surface area contributed by atoms with Crippen LogP contribution in [0.4, 0.5) is 5.82 Å². The monoisotopic (exact) mass is 308 g/mol. The van der Waals surface area contributed by atoms with Crippen LogP contribution in [0, 0.1) is 13.8 Å². The van der Waals surface area contributed by atoms with Crippen LogP contribution in [-0.2, 0) is 9.53 Å². The average molecular weight is 308 g/mol. The number of carbonyl (C=O) groups is 1. The molecule has 0 saturated carbocycles. The van der Waals surface area contributed by atoms with Crippen molar-refractivity contribution in [2.75, 3.05) is 32.1 Å². The first-order valence-electron chi connectivity index (χ1n) is 6.83. The normalized spacial score (nSPS) is 10.8. The van der Waals surface area contributed by atoms with E-state index in [2.05, 4.69) is 27.5 Å². The highest BCUT2D eigenvalue weighted by atomic mass is 32.1. The van der Waals surface area contributed by atoms with Gasteiger partial charge in [-0.05, 0) is 25.8 Å². The van der Waals surface area contributed by atoms with E-state index in [1.165, 1.54) is 16.8 Å². The van der Waals surface area contributed by atoms with Gasteiger partial charge >= 0.3 is 0 Å². The van der Waals surface area contributed by atoms with Crippen LogP contribution in [0.15, 0.2) is 6.33 Å². The minimum absolute atomic E-state index is 0.0533. The quantitative estimate of drug-likeness (QED) is 0.764. The molecule has 0 saturated heterocycles. The van der Waals surface area contributed by atoms with Crippen molar-refractivity contribution in [2.45, 2.75) is 20.3 Å². The van der Waals surface area contributed by atoms with E-state index in [0.29, 0.717) is 19.0 Å². The summed E-state index contributed by atoms with van der Waals surface area (Å²) in [5.74, 6) is 0.663. The van der Waals surface area contributed by atoms with Gasteiger partial charge in [0.15, 0.2) is 0 Å². The van der Waals surface area contributed by atoms with Crippen molar-refractivity contribution in [1.29, 1.82) is 0 Å². The number of methoxy groups -OCH3 is 1. The Morgan fingerprint density at radius 3 is 2.95 bits per heavy atom. The second kappa shape index (κ2) is 7.33. The first-order valence-corrected chi connectivity index (χ1v) is 7.65. The molecule has 0 aromatic carbocycles. The second-order valence-corrected chi connectivity index (χ2v) is 5.94. The number of ether oxygens (including phenoxy) is 1. The molecule has 0 spiro atoms. The summed E-state index contributed by atoms with van der Waals surface area (Å²) in [5.41, 5.74) is 1.17. The molecule has 6 nitrogen and oxygen atoms in total. The van der Waals surface area contributed by atoms with Gasteiger partial charge in [-0.25, -0.2) is 9.97 Å². The van der Waals surface area contributed by atoms with E-state index in [-0.39, 0.29) is 12.5 Å². The van der Waals surface area contributed by atoms with Gasteiger partial charge < -0.3 is 15.4 Å². The van der Waals surface area contributed by atoms with E-state index >= 15 is 0 Å². The van der Waals surface area contributed by atoms with Crippen LogP contribution >= 0.6 is 11.3 Å². The fourth-order valence-corrected chi connectivity index (χ4v) is 2.98. The predicted octanol–water partition coefficient (Wildman–Crippen LogP) is 1.87. The molecule has 1 amide bonds. The maximum atomic E-state index is 11.8. The predicted molar refractivity (Wildman–Crippen MR) is 84.9 cm³/mol. The number of fused-ring (bicyclic) bond motifs is 1. The molecule has 0 aliphatic heterocycles. The molecule has 2 aromatic rings. The van der Waals surface area contributed by atoms with Gasteiger partial charge in [0.2, 0.25) is 5.91 Å². The maximum Gasteiger partial charge on any atom is 0.239 e. The van der Waals surface area contributed by atoms with Crippen LogP contribution in [0.3, 0.4) is 0 Å². The van der Waals surface area contributed by atoms with Crippen molar-refractivity contribution in [3.8, 4) is 0 Å². The number of nitrogens with one attached hydrogen (secondary N) is 2. The summed E-state index contributed by atoms with van der Waals surface area (Å²) < 4.78 is 4.93. The molecule has 0 radical (unpaired) electrons. The van der Waals surface area contributed by atoms with E-state index in [9.17, 15) is 4.79 Å². The van der Waals surface area contributed by atoms with Crippen LogP contribution < -0.4 is 10.6 Å². The van der Waals surface area contributed by atoms with Crippen molar-refractivity contribution >= 4 is 33.3 Å². The van der Waals surface area contributed by atoms with Crippen LogP contribution in [0.25, 0.3) is 10.2 Å². The molecule has 0 aliphatic carbocycles. The Labute approximate surface area is 127 Å². The van der Waals surface area contributed by atoms with E-state index in [0.717, 1.165) is 16.6 Å². The third-order valence-corrected chi connectivity index (χ3v) is 4.34. The number of anilines is 1. The molecule has 21 heavy (non-hydrogen) atoms. The molecule has 2 rings (SSSR count). The Kier molecular flexibility index (Phi) is 5.46. The number of aryl methyl sites for hydroxylation is 2. The third-order valence-electron chi connectivity index (χ3n) is 3.23. The molecule has 0 atom stereocenters. The van der Waals surface area contributed by atoms with Gasteiger partial charge in [0.1, 0.15) is 17.0 Å². The molecule has 114 valence electrons. The fraction of sp³-hybridized carbons (Fsp3) is 0.500. The Balaban J connectivity index is 1.96. The lowest BCUT2D eigenvalue weighted by Gasteiger charge is -2.08. The van der Waals surface area contributed by atoms with Gasteiger partial charge in [0, 0.05) is 25.1 Å². The van der Waals surface area contributed by atoms with Gasteiger partial charge in [0.05, 0.1) is 11.9 Å². The lowest BCUT2D eigenvalue weighted by molar-refractivity contribution is -0.119. The SMILES string of the molecule is COCCCNC(=O)CNc1ncnc2sc(C)c(C)c12. The van der Waals surface area contributed by atoms with Gasteiger partial charge in [-0.2, -0.15) is 0 Å². The largest absolute Gasteiger partial charge is 0.385 e. The summed E-state index contributed by atoms with van der Waals surface area (Å²) >= 11 is 1.64. The zero-order chi connectivity index (χ0) is 15.2. The summed E-state index contributed by atoms with van der Waals surface area (Å²) in [6.45, 7) is 5.58. The number of amides is 1. The highest BCUT2D eigenvalue weighted by Crippen LogP contribution is 2.32. The number of thiophene rings is 1. The van der Waals surface area contributed by atoms with Gasteiger partial charge in [-0.3, -0.25) is 4.79 Å². The van der Waals surface area contributed by atoms with E-state index < -0.39 is 0 Å². The molecule has 0 aliphatic rings. The summed E-state index contributed by atoms with van der Waals surface area (Å²) in [6, 6.07) is 0. The van der Waals surface area contributed by atoms with E-state index in [4.69, 9.17) is 4.74 Å². The Hall–Kier alpha value is -1.73. The lowest BCUT2D eigenvalue weighted by Crippen LogP contribution is -2.31. The average Bonchev–Trinajstić information content (AvgIpc) is 2.77. The van der Waals surface area contributed by atoms with Crippen molar-refractivity contribution in [1.82, 2.24) is 15.3 Å². The number of hydrogen-bond donors (Lipinski definition) is 2. The Morgan fingerprint density at radius 2 is 2.19 bits per heavy atom. The van der Waals surface area contributed by atoms with Crippen molar-refractivity contribution < 1.29 is 9.53 Å². The first kappa shape index (κ1) is 15.7.